The molecule has 0 bridgehead atoms. The Bertz CT molecular complexity index is 792. The monoisotopic (exact) mass is 425 g/mol. The van der Waals surface area contributed by atoms with Gasteiger partial charge in [0.2, 0.25) is 0 Å². The van der Waals surface area contributed by atoms with Crippen LogP contribution in [0.4, 0.5) is 4.79 Å². The number of ether oxygens (including phenoxy) is 4. The van der Waals surface area contributed by atoms with Gasteiger partial charge in [0.15, 0.2) is 11.5 Å². The Kier molecular flexibility index (Phi) is 9.25. The molecule has 3 unspecified atom stereocenters. The van der Waals surface area contributed by atoms with Crippen molar-refractivity contribution in [1.82, 2.24) is 0 Å². The fourth-order valence-corrected chi connectivity index (χ4v) is 2.90. The van der Waals surface area contributed by atoms with Crippen molar-refractivity contribution in [3.63, 3.8) is 0 Å². The van der Waals surface area contributed by atoms with E-state index < -0.39 is 48.0 Å². The summed E-state index contributed by atoms with van der Waals surface area (Å²) >= 11 is 0. The van der Waals surface area contributed by atoms with E-state index >= 15 is 0 Å². The zero-order chi connectivity index (χ0) is 23.0. The van der Waals surface area contributed by atoms with Crippen LogP contribution in [0.2, 0.25) is 0 Å². The molecule has 10 heteroatoms. The highest BCUT2D eigenvalue weighted by atomic mass is 16.7. The maximum absolute atomic E-state index is 11.6. The van der Waals surface area contributed by atoms with Crippen LogP contribution in [0.3, 0.4) is 0 Å². The van der Waals surface area contributed by atoms with E-state index in [1.807, 2.05) is 0 Å². The summed E-state index contributed by atoms with van der Waals surface area (Å²) in [7, 11) is 0. The van der Waals surface area contributed by atoms with E-state index in [1.54, 1.807) is 20.8 Å². The van der Waals surface area contributed by atoms with E-state index in [2.05, 4.69) is 0 Å². The number of hydrogen-bond acceptors (Lipinski definition) is 9. The Labute approximate surface area is 174 Å². The molecular weight excluding hydrogens is 398 g/mol. The molecule has 3 N–H and O–H groups in total. The summed E-state index contributed by atoms with van der Waals surface area (Å²) in [6.07, 6.45) is -1.63. The number of aliphatic carboxylic acids is 1. The number of hydrogen-bond donors (Lipinski definition) is 2. The predicted octanol–water partition coefficient (Wildman–Crippen LogP) is 2.23. The predicted molar refractivity (Wildman–Crippen MR) is 104 cm³/mol. The summed E-state index contributed by atoms with van der Waals surface area (Å²) in [6, 6.07) is 2.89. The molecule has 0 radical (unpaired) electrons. The van der Waals surface area contributed by atoms with Crippen molar-refractivity contribution in [2.24, 2.45) is 11.7 Å². The number of rotatable bonds is 9. The topological polar surface area (TPSA) is 151 Å². The molecule has 0 aliphatic rings. The Morgan fingerprint density at radius 1 is 1.03 bits per heavy atom. The summed E-state index contributed by atoms with van der Waals surface area (Å²) in [5.41, 5.74) is 6.32. The van der Waals surface area contributed by atoms with Gasteiger partial charge in [-0.3, -0.25) is 14.4 Å². The SMILES string of the molecule is CCOC(=O)OC(C)C(C)C(c1ccc(OC(C)=O)c(OC(C)=O)c1)[C@H](N)C(=O)O. The first-order valence-corrected chi connectivity index (χ1v) is 9.30. The largest absolute Gasteiger partial charge is 0.508 e. The van der Waals surface area contributed by atoms with Gasteiger partial charge in [-0.1, -0.05) is 13.0 Å². The third kappa shape index (κ3) is 7.03. The average molecular weight is 425 g/mol. The first-order chi connectivity index (χ1) is 14.0. The Balaban J connectivity index is 3.36. The minimum Gasteiger partial charge on any atom is -0.480 e. The van der Waals surface area contributed by atoms with Crippen molar-refractivity contribution in [2.75, 3.05) is 6.61 Å². The lowest BCUT2D eigenvalue weighted by atomic mass is 9.79. The van der Waals surface area contributed by atoms with Crippen LogP contribution >= 0.6 is 0 Å². The first-order valence-electron chi connectivity index (χ1n) is 9.30. The molecule has 0 saturated heterocycles. The molecule has 1 aromatic rings. The Morgan fingerprint density at radius 2 is 1.60 bits per heavy atom. The number of carbonyl (C=O) groups is 4. The van der Waals surface area contributed by atoms with Gasteiger partial charge in [0.1, 0.15) is 12.1 Å². The van der Waals surface area contributed by atoms with Crippen molar-refractivity contribution in [1.29, 1.82) is 0 Å². The van der Waals surface area contributed by atoms with Crippen LogP contribution < -0.4 is 15.2 Å². The summed E-state index contributed by atoms with van der Waals surface area (Å²) in [6.45, 7) is 7.36. The van der Waals surface area contributed by atoms with Gasteiger partial charge in [-0.15, -0.1) is 0 Å². The van der Waals surface area contributed by atoms with E-state index in [4.69, 9.17) is 24.7 Å². The second-order valence-corrected chi connectivity index (χ2v) is 6.65. The van der Waals surface area contributed by atoms with Crippen molar-refractivity contribution < 1.29 is 43.2 Å². The summed E-state index contributed by atoms with van der Waals surface area (Å²) < 4.78 is 20.1. The number of nitrogens with two attached hydrogens (primary N) is 1. The van der Waals surface area contributed by atoms with Crippen LogP contribution in [0.1, 0.15) is 46.1 Å². The second kappa shape index (κ2) is 11.1. The maximum Gasteiger partial charge on any atom is 0.508 e. The van der Waals surface area contributed by atoms with Crippen LogP contribution in [-0.4, -0.2) is 47.9 Å². The fourth-order valence-electron chi connectivity index (χ4n) is 2.90. The number of benzene rings is 1. The van der Waals surface area contributed by atoms with Crippen LogP contribution in [0, 0.1) is 5.92 Å². The molecule has 4 atom stereocenters. The second-order valence-electron chi connectivity index (χ2n) is 6.65. The third-order valence-corrected chi connectivity index (χ3v) is 4.38. The van der Waals surface area contributed by atoms with E-state index in [1.165, 1.54) is 32.0 Å². The highest BCUT2D eigenvalue weighted by Gasteiger charge is 2.36. The van der Waals surface area contributed by atoms with Gasteiger partial charge in [0.05, 0.1) is 6.61 Å². The molecule has 0 aromatic heterocycles. The standard InChI is InChI=1S/C20H27NO9/c1-6-27-20(26)28-11(3)10(2)17(18(21)19(24)25)14-7-8-15(29-12(4)22)16(9-14)30-13(5)23/h7-11,17-18H,6,21H2,1-5H3,(H,24,25)/t10?,11?,17?,18-/m0/s1. The molecule has 0 aliphatic carbocycles. The molecule has 1 rings (SSSR count). The molecule has 0 fully saturated rings. The molecule has 0 amide bonds. The zero-order valence-electron chi connectivity index (χ0n) is 17.5. The average Bonchev–Trinajstić information content (AvgIpc) is 2.62. The number of esters is 2. The molecule has 10 nitrogen and oxygen atoms in total. The molecular formula is C20H27NO9. The molecule has 1 aromatic carbocycles. The number of carboxylic acid groups (broad SMARTS) is 1. The lowest BCUT2D eigenvalue weighted by molar-refractivity contribution is -0.139. The summed E-state index contributed by atoms with van der Waals surface area (Å²) in [4.78, 5) is 46.0. The smallest absolute Gasteiger partial charge is 0.480 e. The van der Waals surface area contributed by atoms with Gasteiger partial charge in [0, 0.05) is 25.7 Å². The lowest BCUT2D eigenvalue weighted by Crippen LogP contribution is -2.42. The van der Waals surface area contributed by atoms with Crippen molar-refractivity contribution >= 4 is 24.1 Å². The minimum absolute atomic E-state index is 0.00688. The molecule has 30 heavy (non-hydrogen) atoms. The van der Waals surface area contributed by atoms with Gasteiger partial charge in [-0.2, -0.15) is 0 Å². The molecule has 0 aliphatic heterocycles. The molecule has 166 valence electrons. The highest BCUT2D eigenvalue weighted by Crippen LogP contribution is 2.37. The van der Waals surface area contributed by atoms with Crippen molar-refractivity contribution in [3.05, 3.63) is 23.8 Å². The summed E-state index contributed by atoms with van der Waals surface area (Å²) in [5, 5.41) is 9.49. The van der Waals surface area contributed by atoms with E-state index in [0.29, 0.717) is 5.56 Å². The molecule has 0 saturated carbocycles. The third-order valence-electron chi connectivity index (χ3n) is 4.38. The highest BCUT2D eigenvalue weighted by molar-refractivity contribution is 5.76. The van der Waals surface area contributed by atoms with Crippen molar-refractivity contribution in [3.8, 4) is 11.5 Å². The van der Waals surface area contributed by atoms with Crippen molar-refractivity contribution in [2.45, 2.75) is 52.7 Å². The number of carboxylic acids is 1. The van der Waals surface area contributed by atoms with Gasteiger partial charge in [-0.05, 0) is 31.5 Å². The van der Waals surface area contributed by atoms with Gasteiger partial charge in [-0.25, -0.2) is 4.79 Å². The normalized spacial score (nSPS) is 14.6. The molecule has 0 spiro atoms. The quantitative estimate of drug-likeness (QED) is 0.445. The van der Waals surface area contributed by atoms with Gasteiger partial charge < -0.3 is 29.8 Å². The van der Waals surface area contributed by atoms with E-state index in [-0.39, 0.29) is 18.1 Å². The van der Waals surface area contributed by atoms with E-state index in [9.17, 15) is 24.3 Å². The lowest BCUT2D eigenvalue weighted by Gasteiger charge is -2.31. The Morgan fingerprint density at radius 3 is 2.10 bits per heavy atom. The fraction of sp³-hybridized carbons (Fsp3) is 0.500. The number of carbonyl (C=O) groups excluding carboxylic acids is 3. The van der Waals surface area contributed by atoms with Crippen LogP contribution in [0.25, 0.3) is 0 Å². The maximum atomic E-state index is 11.6. The van der Waals surface area contributed by atoms with Crippen LogP contribution in [-0.2, 0) is 23.9 Å². The van der Waals surface area contributed by atoms with Crippen LogP contribution in [0.5, 0.6) is 11.5 Å². The van der Waals surface area contributed by atoms with E-state index in [0.717, 1.165) is 0 Å². The first kappa shape index (κ1) is 24.9. The van der Waals surface area contributed by atoms with Crippen LogP contribution in [0.15, 0.2) is 18.2 Å². The van der Waals surface area contributed by atoms with Gasteiger partial charge >= 0.3 is 24.1 Å². The van der Waals surface area contributed by atoms with Gasteiger partial charge in [0.25, 0.3) is 0 Å². The molecule has 0 heterocycles. The summed E-state index contributed by atoms with van der Waals surface area (Å²) in [5.74, 6) is -4.03. The zero-order valence-corrected chi connectivity index (χ0v) is 17.5. The minimum atomic E-state index is -1.36. The Hall–Kier alpha value is -3.14.